The number of hydrogen-bond donors (Lipinski definition) is 0. The molecule has 1 saturated carbocycles. The molecule has 30 heavy (non-hydrogen) atoms. The first-order valence-corrected chi connectivity index (χ1v) is 11.6. The molecule has 1 aliphatic carbocycles. The van der Waals surface area contributed by atoms with E-state index in [4.69, 9.17) is 10.1 Å². The Labute approximate surface area is 178 Å². The van der Waals surface area contributed by atoms with Gasteiger partial charge >= 0.3 is 0 Å². The van der Waals surface area contributed by atoms with Crippen molar-refractivity contribution in [3.05, 3.63) is 24.2 Å². The van der Waals surface area contributed by atoms with E-state index >= 15 is 0 Å². The number of carbonyl (C=O) groups excluding carboxylic acids is 1. The molecular weight excluding hydrogens is 376 g/mol. The fourth-order valence-corrected chi connectivity index (χ4v) is 5.42. The van der Waals surface area contributed by atoms with Crippen LogP contribution < -0.4 is 4.90 Å². The molecule has 7 heteroatoms. The molecule has 2 aromatic rings. The summed E-state index contributed by atoms with van der Waals surface area (Å²) < 4.78 is 1.86. The Bertz CT molecular complexity index is 897. The fraction of sp³-hybridized carbons (Fsp3) is 0.652. The van der Waals surface area contributed by atoms with Gasteiger partial charge < -0.3 is 9.80 Å². The molecular formula is C23H32N6O. The lowest BCUT2D eigenvalue weighted by Crippen LogP contribution is -2.36. The smallest absolute Gasteiger partial charge is 0.226 e. The molecule has 2 aliphatic heterocycles. The molecule has 1 amide bonds. The van der Waals surface area contributed by atoms with Crippen molar-refractivity contribution < 1.29 is 4.79 Å². The monoisotopic (exact) mass is 408 g/mol. The molecule has 2 saturated heterocycles. The molecule has 5 rings (SSSR count). The van der Waals surface area contributed by atoms with Crippen LogP contribution in [0.4, 0.5) is 5.95 Å². The number of rotatable bonds is 4. The summed E-state index contributed by atoms with van der Waals surface area (Å²) in [6.07, 6.45) is 14.1. The van der Waals surface area contributed by atoms with E-state index in [0.717, 1.165) is 68.2 Å². The Morgan fingerprint density at radius 2 is 1.80 bits per heavy atom. The minimum atomic E-state index is 0.0563. The van der Waals surface area contributed by atoms with Crippen LogP contribution in [0.2, 0.25) is 0 Å². The van der Waals surface area contributed by atoms with Crippen LogP contribution in [0, 0.1) is 5.92 Å². The number of aryl methyl sites for hydroxylation is 1. The molecule has 2 aromatic heterocycles. The van der Waals surface area contributed by atoms with Crippen LogP contribution in [-0.2, 0) is 11.8 Å². The topological polar surface area (TPSA) is 67.2 Å². The van der Waals surface area contributed by atoms with Crippen LogP contribution >= 0.6 is 0 Å². The predicted octanol–water partition coefficient (Wildman–Crippen LogP) is 3.72. The number of likely N-dealkylation sites (tertiary alicyclic amines) is 1. The van der Waals surface area contributed by atoms with Crippen LogP contribution in [0.25, 0.3) is 11.3 Å². The summed E-state index contributed by atoms with van der Waals surface area (Å²) in [5.41, 5.74) is 2.94. The van der Waals surface area contributed by atoms with Gasteiger partial charge in [0.05, 0.1) is 17.4 Å². The Morgan fingerprint density at radius 1 is 1.00 bits per heavy atom. The van der Waals surface area contributed by atoms with E-state index in [-0.39, 0.29) is 12.0 Å². The summed E-state index contributed by atoms with van der Waals surface area (Å²) in [6.45, 7) is 2.89. The van der Waals surface area contributed by atoms with Crippen molar-refractivity contribution in [2.45, 2.75) is 63.8 Å². The zero-order valence-electron chi connectivity index (χ0n) is 18.0. The Balaban J connectivity index is 1.44. The molecule has 160 valence electrons. The Kier molecular flexibility index (Phi) is 5.44. The van der Waals surface area contributed by atoms with Gasteiger partial charge in [0.1, 0.15) is 0 Å². The standard InChI is InChI=1S/C23H32N6O/c1-27-16-18(19-11-12-24-23(25-19)28-13-5-6-14-28)21(26-27)20-10-7-15-29(20)22(30)17-8-3-2-4-9-17/h11-12,16-17,20H,2-10,13-15H2,1H3/t20-/m0/s1. The maximum Gasteiger partial charge on any atom is 0.226 e. The van der Waals surface area contributed by atoms with E-state index in [1.54, 1.807) is 0 Å². The van der Waals surface area contributed by atoms with Crippen molar-refractivity contribution in [2.75, 3.05) is 24.5 Å². The average molecular weight is 409 g/mol. The lowest BCUT2D eigenvalue weighted by molar-refractivity contribution is -0.137. The van der Waals surface area contributed by atoms with Gasteiger partial charge in [-0.15, -0.1) is 0 Å². The van der Waals surface area contributed by atoms with Crippen molar-refractivity contribution in [1.29, 1.82) is 0 Å². The van der Waals surface area contributed by atoms with E-state index in [1.165, 1.54) is 32.1 Å². The normalized spacial score (nSPS) is 22.8. The highest BCUT2D eigenvalue weighted by molar-refractivity contribution is 5.80. The van der Waals surface area contributed by atoms with Crippen LogP contribution in [0.5, 0.6) is 0 Å². The molecule has 0 radical (unpaired) electrons. The highest BCUT2D eigenvalue weighted by Gasteiger charge is 2.37. The van der Waals surface area contributed by atoms with Crippen LogP contribution in [-0.4, -0.2) is 50.2 Å². The first kappa shape index (κ1) is 19.5. The molecule has 4 heterocycles. The molecule has 3 fully saturated rings. The third-order valence-electron chi connectivity index (χ3n) is 6.97. The molecule has 0 bridgehead atoms. The summed E-state index contributed by atoms with van der Waals surface area (Å²) in [4.78, 5) is 27.1. The summed E-state index contributed by atoms with van der Waals surface area (Å²) in [5.74, 6) is 1.35. The minimum Gasteiger partial charge on any atom is -0.341 e. The van der Waals surface area contributed by atoms with Crippen molar-refractivity contribution in [3.63, 3.8) is 0 Å². The SMILES string of the molecule is Cn1cc(-c2ccnc(N3CCCC3)n2)c([C@@H]2CCCN2C(=O)C2CCCCC2)n1. The maximum absolute atomic E-state index is 13.3. The molecule has 3 aliphatic rings. The second-order valence-electron chi connectivity index (χ2n) is 9.06. The predicted molar refractivity (Wildman–Crippen MR) is 116 cm³/mol. The minimum absolute atomic E-state index is 0.0563. The highest BCUT2D eigenvalue weighted by atomic mass is 16.2. The third-order valence-corrected chi connectivity index (χ3v) is 6.97. The Morgan fingerprint density at radius 3 is 2.60 bits per heavy atom. The molecule has 1 atom stereocenters. The second-order valence-corrected chi connectivity index (χ2v) is 9.06. The number of anilines is 1. The number of nitrogens with zero attached hydrogens (tertiary/aromatic N) is 6. The third kappa shape index (κ3) is 3.70. The Hall–Kier alpha value is -2.44. The maximum atomic E-state index is 13.3. The van der Waals surface area contributed by atoms with Crippen molar-refractivity contribution in [2.24, 2.45) is 13.0 Å². The highest BCUT2D eigenvalue weighted by Crippen LogP contribution is 2.39. The zero-order valence-corrected chi connectivity index (χ0v) is 18.0. The largest absolute Gasteiger partial charge is 0.341 e. The number of aromatic nitrogens is 4. The van der Waals surface area contributed by atoms with Gasteiger partial charge in [0.25, 0.3) is 0 Å². The van der Waals surface area contributed by atoms with Gasteiger partial charge in [-0.2, -0.15) is 5.10 Å². The average Bonchev–Trinajstić information content (AvgIpc) is 3.54. The van der Waals surface area contributed by atoms with Crippen LogP contribution in [0.3, 0.4) is 0 Å². The molecule has 0 N–H and O–H groups in total. The number of hydrogen-bond acceptors (Lipinski definition) is 5. The molecule has 0 aromatic carbocycles. The lowest BCUT2D eigenvalue weighted by Gasteiger charge is -2.30. The summed E-state index contributed by atoms with van der Waals surface area (Å²) in [5, 5.41) is 4.82. The first-order valence-electron chi connectivity index (χ1n) is 11.6. The van der Waals surface area contributed by atoms with E-state index in [1.807, 2.05) is 30.2 Å². The van der Waals surface area contributed by atoms with Gasteiger partial charge in [-0.05, 0) is 44.6 Å². The molecule has 7 nitrogen and oxygen atoms in total. The van der Waals surface area contributed by atoms with Crippen molar-refractivity contribution >= 4 is 11.9 Å². The fourth-order valence-electron chi connectivity index (χ4n) is 5.42. The molecule has 0 spiro atoms. The van der Waals surface area contributed by atoms with Gasteiger partial charge in [0, 0.05) is 50.6 Å². The van der Waals surface area contributed by atoms with Gasteiger partial charge in [-0.1, -0.05) is 19.3 Å². The first-order chi connectivity index (χ1) is 14.7. The molecule has 0 unspecified atom stereocenters. The summed E-state index contributed by atoms with van der Waals surface area (Å²) >= 11 is 0. The van der Waals surface area contributed by atoms with Gasteiger partial charge in [0.15, 0.2) is 0 Å². The second kappa shape index (κ2) is 8.36. The van der Waals surface area contributed by atoms with Crippen molar-refractivity contribution in [1.82, 2.24) is 24.6 Å². The van der Waals surface area contributed by atoms with Crippen molar-refractivity contribution in [3.8, 4) is 11.3 Å². The lowest BCUT2D eigenvalue weighted by atomic mass is 9.88. The van der Waals surface area contributed by atoms with E-state index < -0.39 is 0 Å². The summed E-state index contributed by atoms with van der Waals surface area (Å²) in [7, 11) is 1.96. The van der Waals surface area contributed by atoms with Gasteiger partial charge in [-0.25, -0.2) is 9.97 Å². The van der Waals surface area contributed by atoms with E-state index in [2.05, 4.69) is 14.8 Å². The van der Waals surface area contributed by atoms with E-state index in [0.29, 0.717) is 5.91 Å². The quantitative estimate of drug-likeness (QED) is 0.771. The van der Waals surface area contributed by atoms with Crippen LogP contribution in [0.1, 0.15) is 69.5 Å². The van der Waals surface area contributed by atoms with Gasteiger partial charge in [0.2, 0.25) is 11.9 Å². The summed E-state index contributed by atoms with van der Waals surface area (Å²) in [6, 6.07) is 2.03. The number of carbonyl (C=O) groups is 1. The van der Waals surface area contributed by atoms with Gasteiger partial charge in [-0.3, -0.25) is 9.48 Å². The number of amides is 1. The zero-order chi connectivity index (χ0) is 20.5. The van der Waals surface area contributed by atoms with Crippen LogP contribution in [0.15, 0.2) is 18.5 Å². The van der Waals surface area contributed by atoms with E-state index in [9.17, 15) is 4.79 Å².